The summed E-state index contributed by atoms with van der Waals surface area (Å²) in [4.78, 5) is 30.2. The maximum absolute atomic E-state index is 13.8. The maximum Gasteiger partial charge on any atom is 0.258 e. The zero-order valence-corrected chi connectivity index (χ0v) is 20.5. The normalized spacial score (nSPS) is 25.0. The number of nitrogens with zero attached hydrogens (tertiary/aromatic N) is 3. The standard InChI is InChI=1S/C27H29ClN4O2/c1-16(30-14-25(33)32-19(13-29)10-17-11-24(17)32)15-31-23-7-5-4-6-22(23)27(2,3)21-9-8-18(28)12-20(21)26(31)34/h4-9,12,16-17,19,24,30H,10-11,14-15H2,1-3H3/t16-,17-,19?,24+/m1/s1. The van der Waals surface area contributed by atoms with E-state index in [0.29, 0.717) is 23.0 Å². The molecule has 2 aromatic rings. The minimum absolute atomic E-state index is 0.0377. The monoisotopic (exact) mass is 476 g/mol. The first kappa shape index (κ1) is 22.9. The van der Waals surface area contributed by atoms with Crippen LogP contribution in [0.5, 0.6) is 0 Å². The molecule has 1 N–H and O–H groups in total. The Morgan fingerprint density at radius 1 is 1.24 bits per heavy atom. The van der Waals surface area contributed by atoms with Crippen LogP contribution in [0.2, 0.25) is 5.02 Å². The van der Waals surface area contributed by atoms with Gasteiger partial charge in [0.1, 0.15) is 6.04 Å². The molecule has 2 amide bonds. The molecule has 0 aromatic heterocycles. The number of anilines is 1. The molecule has 176 valence electrons. The van der Waals surface area contributed by atoms with Crippen LogP contribution in [0, 0.1) is 17.2 Å². The lowest BCUT2D eigenvalue weighted by Crippen LogP contribution is -2.48. The minimum atomic E-state index is -0.379. The SMILES string of the molecule is C[C@H](CN1C(=O)c2cc(Cl)ccc2C(C)(C)c2ccccc21)NCC(=O)N1C(C#N)C[C@@H]2C[C@@H]21. The van der Waals surface area contributed by atoms with Gasteiger partial charge in [-0.3, -0.25) is 9.59 Å². The molecule has 1 aliphatic carbocycles. The molecule has 2 heterocycles. The zero-order valence-electron chi connectivity index (χ0n) is 19.7. The zero-order chi connectivity index (χ0) is 24.2. The van der Waals surface area contributed by atoms with Gasteiger partial charge in [-0.25, -0.2) is 0 Å². The predicted molar refractivity (Wildman–Crippen MR) is 132 cm³/mol. The van der Waals surface area contributed by atoms with Crippen LogP contribution in [-0.2, 0) is 10.2 Å². The van der Waals surface area contributed by atoms with Gasteiger partial charge in [0, 0.05) is 40.3 Å². The van der Waals surface area contributed by atoms with Crippen LogP contribution in [0.15, 0.2) is 42.5 Å². The van der Waals surface area contributed by atoms with Crippen molar-refractivity contribution >= 4 is 29.1 Å². The van der Waals surface area contributed by atoms with E-state index >= 15 is 0 Å². The lowest BCUT2D eigenvalue weighted by Gasteiger charge is -2.30. The van der Waals surface area contributed by atoms with E-state index in [4.69, 9.17) is 11.6 Å². The van der Waals surface area contributed by atoms with Crippen molar-refractivity contribution in [1.82, 2.24) is 10.2 Å². The summed E-state index contributed by atoms with van der Waals surface area (Å²) in [6, 6.07) is 15.6. The molecule has 1 saturated heterocycles. The summed E-state index contributed by atoms with van der Waals surface area (Å²) in [5, 5.41) is 13.2. The van der Waals surface area contributed by atoms with E-state index in [9.17, 15) is 14.9 Å². The first-order valence-corrected chi connectivity index (χ1v) is 12.3. The number of nitriles is 1. The van der Waals surface area contributed by atoms with Crippen molar-refractivity contribution in [2.75, 3.05) is 18.0 Å². The van der Waals surface area contributed by atoms with Gasteiger partial charge in [-0.05, 0) is 55.0 Å². The number of fused-ring (bicyclic) bond motifs is 3. The smallest absolute Gasteiger partial charge is 0.258 e. The summed E-state index contributed by atoms with van der Waals surface area (Å²) in [5.74, 6) is 0.358. The Morgan fingerprint density at radius 2 is 2.00 bits per heavy atom. The molecule has 6 nitrogen and oxygen atoms in total. The van der Waals surface area contributed by atoms with E-state index in [0.717, 1.165) is 29.7 Å². The highest BCUT2D eigenvalue weighted by Gasteiger charge is 2.53. The van der Waals surface area contributed by atoms with Gasteiger partial charge in [0.2, 0.25) is 5.91 Å². The molecule has 2 fully saturated rings. The number of piperidine rings is 1. The molecule has 2 aromatic carbocycles. The summed E-state index contributed by atoms with van der Waals surface area (Å²) >= 11 is 6.29. The van der Waals surface area contributed by atoms with Crippen LogP contribution in [0.4, 0.5) is 5.69 Å². The molecule has 5 rings (SSSR count). The van der Waals surface area contributed by atoms with Gasteiger partial charge in [0.15, 0.2) is 0 Å². The molecular formula is C27H29ClN4O2. The number of likely N-dealkylation sites (tertiary alicyclic amines) is 1. The minimum Gasteiger partial charge on any atom is -0.322 e. The summed E-state index contributed by atoms with van der Waals surface area (Å²) < 4.78 is 0. The Balaban J connectivity index is 1.38. The van der Waals surface area contributed by atoms with Crippen LogP contribution in [0.1, 0.15) is 55.1 Å². The average molecular weight is 477 g/mol. The Hall–Kier alpha value is -2.88. The van der Waals surface area contributed by atoms with Crippen molar-refractivity contribution in [3.63, 3.8) is 0 Å². The van der Waals surface area contributed by atoms with E-state index in [1.807, 2.05) is 37.3 Å². The van der Waals surface area contributed by atoms with Crippen LogP contribution in [0.3, 0.4) is 0 Å². The molecule has 0 bridgehead atoms. The highest BCUT2D eigenvalue weighted by Crippen LogP contribution is 2.47. The van der Waals surface area contributed by atoms with Gasteiger partial charge in [-0.15, -0.1) is 0 Å². The van der Waals surface area contributed by atoms with E-state index in [2.05, 4.69) is 31.3 Å². The topological polar surface area (TPSA) is 76.4 Å². The molecule has 0 radical (unpaired) electrons. The van der Waals surface area contributed by atoms with Gasteiger partial charge in [-0.2, -0.15) is 5.26 Å². The van der Waals surface area contributed by atoms with Gasteiger partial charge >= 0.3 is 0 Å². The van der Waals surface area contributed by atoms with Gasteiger partial charge in [0.25, 0.3) is 5.91 Å². The van der Waals surface area contributed by atoms with Crippen molar-refractivity contribution in [2.24, 2.45) is 5.92 Å². The van der Waals surface area contributed by atoms with Crippen molar-refractivity contribution in [3.05, 3.63) is 64.2 Å². The van der Waals surface area contributed by atoms with Crippen LogP contribution < -0.4 is 10.2 Å². The second-order valence-corrected chi connectivity index (χ2v) is 10.7. The van der Waals surface area contributed by atoms with E-state index in [-0.39, 0.29) is 41.9 Å². The average Bonchev–Trinajstić information content (AvgIpc) is 3.50. The lowest BCUT2D eigenvalue weighted by molar-refractivity contribution is -0.131. The fraction of sp³-hybridized carbons (Fsp3) is 0.444. The Morgan fingerprint density at radius 3 is 2.76 bits per heavy atom. The lowest BCUT2D eigenvalue weighted by atomic mass is 9.76. The molecule has 1 unspecified atom stereocenters. The number of hydrogen-bond acceptors (Lipinski definition) is 4. The molecule has 2 aliphatic heterocycles. The largest absolute Gasteiger partial charge is 0.322 e. The molecule has 1 saturated carbocycles. The van der Waals surface area contributed by atoms with Crippen molar-refractivity contribution in [3.8, 4) is 6.07 Å². The maximum atomic E-state index is 13.8. The number of carbonyl (C=O) groups is 2. The third kappa shape index (κ3) is 3.77. The Kier molecular flexibility index (Phi) is 5.66. The predicted octanol–water partition coefficient (Wildman–Crippen LogP) is 4.12. The van der Waals surface area contributed by atoms with Crippen molar-refractivity contribution in [2.45, 2.75) is 57.2 Å². The summed E-state index contributed by atoms with van der Waals surface area (Å²) in [6.07, 6.45) is 1.80. The second-order valence-electron chi connectivity index (χ2n) is 10.3. The summed E-state index contributed by atoms with van der Waals surface area (Å²) in [5.41, 5.74) is 3.11. The highest BCUT2D eigenvalue weighted by molar-refractivity contribution is 6.31. The van der Waals surface area contributed by atoms with Gasteiger partial charge in [-0.1, -0.05) is 49.7 Å². The summed E-state index contributed by atoms with van der Waals surface area (Å²) in [7, 11) is 0. The number of para-hydroxylation sites is 1. The van der Waals surface area contributed by atoms with Crippen LogP contribution >= 0.6 is 11.6 Å². The van der Waals surface area contributed by atoms with E-state index in [1.54, 1.807) is 15.9 Å². The third-order valence-electron chi connectivity index (χ3n) is 7.60. The number of nitrogens with one attached hydrogen (secondary N) is 1. The number of halogens is 1. The highest BCUT2D eigenvalue weighted by atomic mass is 35.5. The number of amides is 2. The molecule has 34 heavy (non-hydrogen) atoms. The molecule has 7 heteroatoms. The van der Waals surface area contributed by atoms with Crippen molar-refractivity contribution < 1.29 is 9.59 Å². The van der Waals surface area contributed by atoms with E-state index < -0.39 is 0 Å². The van der Waals surface area contributed by atoms with Gasteiger partial charge < -0.3 is 15.1 Å². The fourth-order valence-corrected chi connectivity index (χ4v) is 5.85. The van der Waals surface area contributed by atoms with Gasteiger partial charge in [0.05, 0.1) is 12.6 Å². The quantitative estimate of drug-likeness (QED) is 0.704. The first-order chi connectivity index (χ1) is 16.2. The molecule has 4 atom stereocenters. The third-order valence-corrected chi connectivity index (χ3v) is 7.83. The molecule has 3 aliphatic rings. The molecule has 0 spiro atoms. The number of rotatable bonds is 5. The second kappa shape index (κ2) is 8.41. The van der Waals surface area contributed by atoms with Crippen LogP contribution in [-0.4, -0.2) is 47.9 Å². The first-order valence-electron chi connectivity index (χ1n) is 11.9. The van der Waals surface area contributed by atoms with E-state index in [1.165, 1.54) is 0 Å². The summed E-state index contributed by atoms with van der Waals surface area (Å²) in [6.45, 7) is 6.79. The number of hydrogen-bond donors (Lipinski definition) is 1. The number of carbonyl (C=O) groups excluding carboxylic acids is 2. The molecular weight excluding hydrogens is 448 g/mol. The number of benzene rings is 2. The Bertz CT molecular complexity index is 1200. The fourth-order valence-electron chi connectivity index (χ4n) is 5.68. The Labute approximate surface area is 205 Å². The van der Waals surface area contributed by atoms with Crippen molar-refractivity contribution in [1.29, 1.82) is 5.26 Å². The van der Waals surface area contributed by atoms with Crippen LogP contribution in [0.25, 0.3) is 0 Å².